The van der Waals surface area contributed by atoms with E-state index in [-0.39, 0.29) is 16.9 Å². The molecule has 2 heteroatoms. The minimum Gasteiger partial charge on any atom is -0.379 e. The van der Waals surface area contributed by atoms with E-state index in [4.69, 9.17) is 9.47 Å². The minimum atomic E-state index is -0.392. The van der Waals surface area contributed by atoms with E-state index in [9.17, 15) is 0 Å². The molecule has 2 nitrogen and oxygen atoms in total. The molecule has 1 aliphatic heterocycles. The molecule has 1 fully saturated rings. The first-order valence-corrected chi connectivity index (χ1v) is 23.0. The number of fused-ring (bicyclic) bond motifs is 3. The maximum Gasteiger partial charge on any atom is 0.104 e. The standard InChI is InChI=1S/C61H54O2/c1-8-61(26-9-27-62-34-46-35-63-46)53-32-38(47-20-14-36-10-12-40-28-44(59(2,3)4)30-42-18-24-51(47)57(36)55(40)42)16-22-49(53)50-23-17-39(33-54(50)61)48-21-15-37-11-13-41-29-45(60(5,6)7)31-43-19-25-52(48)58(37)56(41)43/h8,10-25,28-33,46H,1,9,26-27,34-35H2,2-7H3. The molecule has 0 saturated carbocycles. The third-order valence-electron chi connectivity index (χ3n) is 14.8. The van der Waals surface area contributed by atoms with Crippen molar-refractivity contribution in [3.8, 4) is 33.4 Å². The number of benzene rings is 10. The molecule has 10 aromatic carbocycles. The molecule has 1 atom stereocenters. The summed E-state index contributed by atoms with van der Waals surface area (Å²) in [5.74, 6) is 0. The van der Waals surface area contributed by atoms with Gasteiger partial charge in [0.1, 0.15) is 6.10 Å². The third kappa shape index (κ3) is 5.98. The quantitative estimate of drug-likeness (QED) is 0.0626. The van der Waals surface area contributed by atoms with Crippen molar-refractivity contribution in [1.29, 1.82) is 0 Å². The van der Waals surface area contributed by atoms with Gasteiger partial charge >= 0.3 is 0 Å². The average Bonchev–Trinajstić information content (AvgIpc) is 4.08. The van der Waals surface area contributed by atoms with Crippen molar-refractivity contribution in [2.75, 3.05) is 19.8 Å². The Labute approximate surface area is 370 Å². The van der Waals surface area contributed by atoms with Crippen molar-refractivity contribution in [2.45, 2.75) is 76.7 Å². The molecule has 310 valence electrons. The maximum atomic E-state index is 6.17. The highest BCUT2D eigenvalue weighted by molar-refractivity contribution is 6.27. The lowest BCUT2D eigenvalue weighted by Crippen LogP contribution is -2.23. The number of allylic oxidation sites excluding steroid dienone is 1. The minimum absolute atomic E-state index is 0.0759. The lowest BCUT2D eigenvalue weighted by atomic mass is 9.73. The zero-order valence-electron chi connectivity index (χ0n) is 37.4. The number of epoxide rings is 1. The highest BCUT2D eigenvalue weighted by Gasteiger charge is 2.41. The van der Waals surface area contributed by atoms with Crippen LogP contribution in [0.1, 0.15) is 76.6 Å². The van der Waals surface area contributed by atoms with E-state index in [1.165, 1.54) is 120 Å². The first-order valence-electron chi connectivity index (χ1n) is 23.0. The Morgan fingerprint density at radius 3 is 1.38 bits per heavy atom. The van der Waals surface area contributed by atoms with Gasteiger partial charge in [-0.15, -0.1) is 6.58 Å². The lowest BCUT2D eigenvalue weighted by Gasteiger charge is -2.29. The molecule has 0 radical (unpaired) electrons. The summed E-state index contributed by atoms with van der Waals surface area (Å²) in [6.45, 7) is 20.7. The van der Waals surface area contributed by atoms with Crippen LogP contribution in [0.15, 0.2) is 146 Å². The summed E-state index contributed by atoms with van der Waals surface area (Å²) >= 11 is 0. The maximum absolute atomic E-state index is 6.17. The van der Waals surface area contributed by atoms with Crippen LogP contribution in [0.3, 0.4) is 0 Å². The van der Waals surface area contributed by atoms with E-state index in [2.05, 4.69) is 188 Å². The molecule has 12 rings (SSSR count). The van der Waals surface area contributed by atoms with Crippen LogP contribution >= 0.6 is 0 Å². The van der Waals surface area contributed by atoms with Gasteiger partial charge in [0.25, 0.3) is 0 Å². The first kappa shape index (κ1) is 38.6. The Kier molecular flexibility index (Phi) is 8.41. The van der Waals surface area contributed by atoms with Crippen LogP contribution in [0.5, 0.6) is 0 Å². The monoisotopic (exact) mass is 818 g/mol. The molecule has 1 unspecified atom stereocenters. The molecule has 63 heavy (non-hydrogen) atoms. The van der Waals surface area contributed by atoms with Crippen LogP contribution < -0.4 is 0 Å². The second-order valence-corrected chi connectivity index (χ2v) is 20.7. The zero-order chi connectivity index (χ0) is 43.0. The molecular weight excluding hydrogens is 765 g/mol. The fourth-order valence-electron chi connectivity index (χ4n) is 11.2. The van der Waals surface area contributed by atoms with Crippen LogP contribution in [0.25, 0.3) is 98.0 Å². The van der Waals surface area contributed by atoms with Gasteiger partial charge in [0.2, 0.25) is 0 Å². The van der Waals surface area contributed by atoms with Gasteiger partial charge in [-0.1, -0.05) is 169 Å². The molecule has 0 amide bonds. The van der Waals surface area contributed by atoms with E-state index in [1.807, 2.05) is 0 Å². The van der Waals surface area contributed by atoms with Crippen molar-refractivity contribution < 1.29 is 9.47 Å². The summed E-state index contributed by atoms with van der Waals surface area (Å²) in [4.78, 5) is 0. The van der Waals surface area contributed by atoms with Gasteiger partial charge in [0, 0.05) is 12.0 Å². The fraction of sp³-hybridized carbons (Fsp3) is 0.246. The van der Waals surface area contributed by atoms with E-state index in [0.29, 0.717) is 13.2 Å². The molecule has 1 saturated heterocycles. The van der Waals surface area contributed by atoms with Gasteiger partial charge in [-0.3, -0.25) is 0 Å². The Morgan fingerprint density at radius 2 is 0.952 bits per heavy atom. The second kappa shape index (κ2) is 13.7. The highest BCUT2D eigenvalue weighted by Crippen LogP contribution is 2.55. The highest BCUT2D eigenvalue weighted by atomic mass is 16.6. The van der Waals surface area contributed by atoms with Crippen LogP contribution in [0.4, 0.5) is 0 Å². The van der Waals surface area contributed by atoms with Gasteiger partial charge in [0.05, 0.1) is 13.2 Å². The summed E-state index contributed by atoms with van der Waals surface area (Å²) < 4.78 is 11.6. The number of ether oxygens (including phenoxy) is 2. The predicted molar refractivity (Wildman–Crippen MR) is 268 cm³/mol. The number of hydrogen-bond donors (Lipinski definition) is 0. The first-order chi connectivity index (χ1) is 30.4. The molecule has 0 aromatic heterocycles. The molecule has 10 aromatic rings. The Morgan fingerprint density at radius 1 is 0.540 bits per heavy atom. The van der Waals surface area contributed by atoms with Crippen LogP contribution in [0.2, 0.25) is 0 Å². The van der Waals surface area contributed by atoms with Gasteiger partial charge in [-0.05, 0) is 156 Å². The van der Waals surface area contributed by atoms with E-state index in [1.54, 1.807) is 0 Å². The molecule has 0 N–H and O–H groups in total. The largest absolute Gasteiger partial charge is 0.379 e. The summed E-state index contributed by atoms with van der Waals surface area (Å²) in [5.41, 5.74) is 12.8. The summed E-state index contributed by atoms with van der Waals surface area (Å²) in [5, 5.41) is 15.9. The van der Waals surface area contributed by atoms with Crippen LogP contribution in [0, 0.1) is 0 Å². The Balaban J connectivity index is 1.00. The molecule has 1 heterocycles. The zero-order valence-corrected chi connectivity index (χ0v) is 37.4. The Hall–Kier alpha value is -6.06. The van der Waals surface area contributed by atoms with E-state index in [0.717, 1.165) is 19.4 Å². The van der Waals surface area contributed by atoms with E-state index >= 15 is 0 Å². The normalized spacial score (nSPS) is 16.0. The number of rotatable bonds is 9. The number of hydrogen-bond acceptors (Lipinski definition) is 2. The van der Waals surface area contributed by atoms with Crippen molar-refractivity contribution in [1.82, 2.24) is 0 Å². The van der Waals surface area contributed by atoms with Gasteiger partial charge in [-0.25, -0.2) is 0 Å². The van der Waals surface area contributed by atoms with Gasteiger partial charge in [0.15, 0.2) is 0 Å². The van der Waals surface area contributed by atoms with Crippen molar-refractivity contribution >= 4 is 64.6 Å². The SMILES string of the molecule is C=CC1(CCCOCC2CO2)c2cc(-c3ccc4ccc5cc(C(C)(C)C)cc6ccc3c4c56)ccc2-c2ccc(-c3ccc4ccc5cc(C(C)(C)C)cc6ccc3c4c56)cc21. The second-order valence-electron chi connectivity index (χ2n) is 20.7. The predicted octanol–water partition coefficient (Wildman–Crippen LogP) is 16.1. The molecule has 0 spiro atoms. The summed E-state index contributed by atoms with van der Waals surface area (Å²) in [6.07, 6.45) is 4.31. The molecular formula is C61H54O2. The topological polar surface area (TPSA) is 21.8 Å². The van der Waals surface area contributed by atoms with Gasteiger partial charge < -0.3 is 9.47 Å². The molecule has 0 bridgehead atoms. The van der Waals surface area contributed by atoms with Crippen molar-refractivity contribution in [3.05, 3.63) is 168 Å². The van der Waals surface area contributed by atoms with Crippen molar-refractivity contribution in [2.24, 2.45) is 0 Å². The lowest BCUT2D eigenvalue weighted by molar-refractivity contribution is 0.111. The summed E-state index contributed by atoms with van der Waals surface area (Å²) in [7, 11) is 0. The van der Waals surface area contributed by atoms with Gasteiger partial charge in [-0.2, -0.15) is 0 Å². The fourth-order valence-corrected chi connectivity index (χ4v) is 11.2. The van der Waals surface area contributed by atoms with Crippen LogP contribution in [-0.4, -0.2) is 25.9 Å². The molecule has 1 aliphatic carbocycles. The van der Waals surface area contributed by atoms with E-state index < -0.39 is 5.41 Å². The van der Waals surface area contributed by atoms with Crippen molar-refractivity contribution in [3.63, 3.8) is 0 Å². The average molecular weight is 819 g/mol. The Bertz CT molecular complexity index is 3220. The van der Waals surface area contributed by atoms with Crippen LogP contribution in [-0.2, 0) is 25.7 Å². The molecule has 2 aliphatic rings. The third-order valence-corrected chi connectivity index (χ3v) is 14.8. The summed E-state index contributed by atoms with van der Waals surface area (Å²) in [6, 6.07) is 52.0. The smallest absolute Gasteiger partial charge is 0.104 e.